The summed E-state index contributed by atoms with van der Waals surface area (Å²) >= 11 is 0.278. The molecular formula is C9H12F4I4O2. The molecule has 0 spiro atoms. The van der Waals surface area contributed by atoms with Crippen LogP contribution in [0, 0.1) is 0 Å². The number of esters is 1. The van der Waals surface area contributed by atoms with Crippen LogP contribution in [0.5, 0.6) is 0 Å². The zero-order valence-corrected chi connectivity index (χ0v) is 18.4. The number of carbonyl (C=O) groups is 1. The quantitative estimate of drug-likeness (QED) is 0.0775. The van der Waals surface area contributed by atoms with Gasteiger partial charge in [0.2, 0.25) is 0 Å². The van der Waals surface area contributed by atoms with Crippen LogP contribution in [0.4, 0.5) is 17.6 Å². The molecule has 0 aromatic heterocycles. The summed E-state index contributed by atoms with van der Waals surface area (Å²) in [5, 5.41) is 0. The Labute approximate surface area is 148 Å². The molecule has 0 fully saturated rings. The first-order chi connectivity index (χ1) is 8.63. The predicted molar refractivity (Wildman–Crippen MR) is 46.6 cm³/mol. The summed E-state index contributed by atoms with van der Waals surface area (Å²) in [4.78, 5) is 11.3. The number of rotatable bonds is 9. The molecule has 0 aliphatic rings. The number of hydrogen-bond donors (Lipinski definition) is 0. The van der Waals surface area contributed by atoms with Gasteiger partial charge in [-0.15, -0.1) is 0 Å². The standard InChI is InChI=1S/C9H12F4I4O2/c1-6(2-3-8(10,11)16-14)7(18)19-5-4-9(12,13)17-15/h14-15H,1-5H2. The van der Waals surface area contributed by atoms with Crippen molar-refractivity contribution in [3.8, 4) is 0 Å². The van der Waals surface area contributed by atoms with Gasteiger partial charge in [-0.3, -0.25) is 0 Å². The molecule has 0 aliphatic carbocycles. The fraction of sp³-hybridized carbons (Fsp3) is 0.667. The van der Waals surface area contributed by atoms with Gasteiger partial charge in [-0.1, -0.05) is 0 Å². The molecule has 19 heavy (non-hydrogen) atoms. The fourth-order valence-corrected chi connectivity index (χ4v) is 4.72. The summed E-state index contributed by atoms with van der Waals surface area (Å²) < 4.78 is 50.9. The maximum atomic E-state index is 13.0. The average molecular weight is 736 g/mol. The normalized spacial score (nSPS) is 12.7. The fourth-order valence-electron chi connectivity index (χ4n) is 0.833. The molecule has 2 nitrogen and oxygen atoms in total. The molecule has 116 valence electrons. The molecule has 0 saturated heterocycles. The second kappa shape index (κ2) is 9.78. The summed E-state index contributed by atoms with van der Waals surface area (Å²) in [6.07, 6.45) is -1.13. The monoisotopic (exact) mass is 736 g/mol. The van der Waals surface area contributed by atoms with Crippen LogP contribution >= 0.6 is 0 Å². The van der Waals surface area contributed by atoms with E-state index >= 15 is 0 Å². The maximum absolute atomic E-state index is 13.0. The molecule has 0 heterocycles. The van der Waals surface area contributed by atoms with Gasteiger partial charge in [-0.2, -0.15) is 0 Å². The number of ether oxygens (including phenoxy) is 1. The molecule has 10 heteroatoms. The number of hydrogen-bond acceptors (Lipinski definition) is 2. The van der Waals surface area contributed by atoms with Crippen LogP contribution in [0.2, 0.25) is 0 Å². The molecule has 0 atom stereocenters. The van der Waals surface area contributed by atoms with E-state index in [2.05, 4.69) is 11.3 Å². The Morgan fingerprint density at radius 1 is 1.11 bits per heavy atom. The molecule has 0 radical (unpaired) electrons. The summed E-state index contributed by atoms with van der Waals surface area (Å²) in [7, 11) is 0. The molecular weight excluding hydrogens is 724 g/mol. The predicted octanol–water partition coefficient (Wildman–Crippen LogP) is -9.98. The Morgan fingerprint density at radius 2 is 1.58 bits per heavy atom. The van der Waals surface area contributed by atoms with E-state index in [0.29, 0.717) is 0 Å². The Balaban J connectivity index is 3.99. The first-order valence-corrected chi connectivity index (χ1v) is 20.5. The van der Waals surface area contributed by atoms with Gasteiger partial charge in [0.25, 0.3) is 0 Å². The Morgan fingerprint density at radius 3 is 2.05 bits per heavy atom. The summed E-state index contributed by atoms with van der Waals surface area (Å²) in [5.74, 6) is -0.864. The van der Waals surface area contributed by atoms with Crippen LogP contribution in [0.15, 0.2) is 12.2 Å². The van der Waals surface area contributed by atoms with Crippen LogP contribution in [0.25, 0.3) is 0 Å². The van der Waals surface area contributed by atoms with Gasteiger partial charge < -0.3 is 0 Å². The van der Waals surface area contributed by atoms with Crippen molar-refractivity contribution in [3.63, 3.8) is 0 Å². The van der Waals surface area contributed by atoms with Crippen molar-refractivity contribution in [3.05, 3.63) is 12.2 Å². The van der Waals surface area contributed by atoms with Gasteiger partial charge in [-0.25, -0.2) is 0 Å². The zero-order chi connectivity index (χ0) is 15.1. The van der Waals surface area contributed by atoms with E-state index in [1.54, 1.807) is 0 Å². The molecule has 0 aromatic rings. The van der Waals surface area contributed by atoms with E-state index in [-0.39, 0.29) is 12.0 Å². The van der Waals surface area contributed by atoms with Crippen molar-refractivity contribution in [2.24, 2.45) is 0 Å². The first-order valence-electron chi connectivity index (χ1n) is 4.80. The second-order valence-electron chi connectivity index (χ2n) is 3.37. The van der Waals surface area contributed by atoms with Gasteiger partial charge in [0.05, 0.1) is 0 Å². The van der Waals surface area contributed by atoms with E-state index < -0.39 is 67.7 Å². The molecule has 0 amide bonds. The molecule has 0 unspecified atom stereocenters. The molecule has 0 aromatic carbocycles. The van der Waals surface area contributed by atoms with Crippen LogP contribution in [-0.2, 0) is 9.53 Å². The Hall–Kier alpha value is 1.85. The van der Waals surface area contributed by atoms with Crippen molar-refractivity contribution >= 4 is 5.97 Å². The van der Waals surface area contributed by atoms with Gasteiger partial charge in [0, 0.05) is 0 Å². The average Bonchev–Trinajstić information content (AvgIpc) is 2.35. The molecule has 0 saturated carbocycles. The molecule has 0 bridgehead atoms. The van der Waals surface area contributed by atoms with Crippen molar-refractivity contribution in [2.75, 3.05) is 6.61 Å². The molecule has 0 aliphatic heterocycles. The van der Waals surface area contributed by atoms with E-state index in [1.165, 1.54) is 37.2 Å². The SMILES string of the molecule is C=C(CCC(F)(F)[I-][IH+])C(=O)OCCC(F)(F)[I-][IH+]. The topological polar surface area (TPSA) is 26.3 Å². The minimum atomic E-state index is -2.76. The Bertz CT molecular complexity index is 325. The van der Waals surface area contributed by atoms with Crippen molar-refractivity contribution in [1.82, 2.24) is 0 Å². The van der Waals surface area contributed by atoms with Crippen molar-refractivity contribution in [2.45, 2.75) is 27.1 Å². The first kappa shape index (κ1) is 20.9. The van der Waals surface area contributed by atoms with E-state index in [1.807, 2.05) is 0 Å². The zero-order valence-electron chi connectivity index (χ0n) is 9.44. The van der Waals surface area contributed by atoms with Crippen LogP contribution in [-0.4, -0.2) is 20.4 Å². The number of carbonyl (C=O) groups excluding carboxylic acids is 1. The van der Waals surface area contributed by atoms with Crippen LogP contribution in [0.3, 0.4) is 0 Å². The van der Waals surface area contributed by atoms with Crippen LogP contribution in [0.1, 0.15) is 19.3 Å². The summed E-state index contributed by atoms with van der Waals surface area (Å²) in [6.45, 7) is 2.95. The van der Waals surface area contributed by atoms with E-state index in [9.17, 15) is 22.4 Å². The van der Waals surface area contributed by atoms with Gasteiger partial charge in [-0.05, 0) is 0 Å². The third-order valence-corrected chi connectivity index (χ3v) is 12.9. The van der Waals surface area contributed by atoms with E-state index in [0.717, 1.165) is 0 Å². The van der Waals surface area contributed by atoms with Gasteiger partial charge in [0.15, 0.2) is 0 Å². The van der Waals surface area contributed by atoms with Crippen molar-refractivity contribution in [1.29, 1.82) is 0 Å². The number of alkyl halides is 6. The minimum absolute atomic E-state index is 0.0893. The van der Waals surface area contributed by atoms with Crippen molar-refractivity contribution < 1.29 is 98.8 Å². The molecule has 0 rings (SSSR count). The van der Waals surface area contributed by atoms with E-state index in [4.69, 9.17) is 0 Å². The second-order valence-corrected chi connectivity index (χ2v) is 13.3. The Kier molecular flexibility index (Phi) is 10.7. The van der Waals surface area contributed by atoms with Crippen LogP contribution < -0.4 is 71.7 Å². The third kappa shape index (κ3) is 10.2. The number of halogens is 8. The summed E-state index contributed by atoms with van der Waals surface area (Å²) in [6, 6.07) is 0. The summed E-state index contributed by atoms with van der Waals surface area (Å²) in [5.41, 5.74) is -0.0893. The van der Waals surface area contributed by atoms with Gasteiger partial charge >= 0.3 is 151 Å². The molecule has 0 N–H and O–H groups in total. The third-order valence-electron chi connectivity index (χ3n) is 1.84. The van der Waals surface area contributed by atoms with Gasteiger partial charge in [0.1, 0.15) is 0 Å².